The molecule has 0 heterocycles. The summed E-state index contributed by atoms with van der Waals surface area (Å²) in [6, 6.07) is 3.86. The molecule has 2 nitrogen and oxygen atoms in total. The Kier molecular flexibility index (Phi) is 6.14. The number of rotatable bonds is 5. The van der Waals surface area contributed by atoms with Gasteiger partial charge in [0.2, 0.25) is 0 Å². The van der Waals surface area contributed by atoms with Crippen LogP contribution in [0.1, 0.15) is 47.1 Å². The third kappa shape index (κ3) is 4.17. The summed E-state index contributed by atoms with van der Waals surface area (Å²) in [4.78, 5) is 0. The van der Waals surface area contributed by atoms with Crippen LogP contribution in [0.3, 0.4) is 0 Å². The molecular weight excluding hydrogens is 391 g/mol. The third-order valence-corrected chi connectivity index (χ3v) is 5.91. The number of alkyl halides is 2. The lowest BCUT2D eigenvalue weighted by molar-refractivity contribution is -0.116. The molecule has 1 unspecified atom stereocenters. The molecule has 0 saturated heterocycles. The first-order valence-electron chi connectivity index (χ1n) is 7.26. The second-order valence-electron chi connectivity index (χ2n) is 7.01. The van der Waals surface area contributed by atoms with Gasteiger partial charge in [0.1, 0.15) is 11.4 Å². The van der Waals surface area contributed by atoms with Crippen LogP contribution in [-0.2, 0) is 16.5 Å². The molecule has 0 fully saturated rings. The fraction of sp³-hybridized carbons (Fsp3) is 0.625. The monoisotopic (exact) mass is 413 g/mol. The highest BCUT2D eigenvalue weighted by atomic mass is 79.9. The van der Waals surface area contributed by atoms with Gasteiger partial charge in [0, 0.05) is 16.0 Å². The molecular formula is C16H23BrF3NOS. The van der Waals surface area contributed by atoms with Crippen LogP contribution in [0.25, 0.3) is 0 Å². The molecule has 0 aliphatic carbocycles. The molecule has 0 saturated carbocycles. The van der Waals surface area contributed by atoms with E-state index in [4.69, 9.17) is 0 Å². The van der Waals surface area contributed by atoms with E-state index < -0.39 is 38.9 Å². The number of hydrogen-bond donors (Lipinski definition) is 1. The average Bonchev–Trinajstić information content (AvgIpc) is 2.39. The van der Waals surface area contributed by atoms with Gasteiger partial charge in [-0.05, 0) is 45.9 Å². The first-order chi connectivity index (χ1) is 10.2. The van der Waals surface area contributed by atoms with Crippen molar-refractivity contribution in [3.63, 3.8) is 0 Å². The molecule has 2 atom stereocenters. The molecule has 0 aliphatic rings. The van der Waals surface area contributed by atoms with Gasteiger partial charge in [-0.3, -0.25) is 0 Å². The van der Waals surface area contributed by atoms with Crippen molar-refractivity contribution in [2.75, 3.05) is 0 Å². The topological polar surface area (TPSA) is 29.1 Å². The van der Waals surface area contributed by atoms with Crippen molar-refractivity contribution in [1.82, 2.24) is 4.72 Å². The van der Waals surface area contributed by atoms with Crippen LogP contribution < -0.4 is 4.72 Å². The Balaban J connectivity index is 3.55. The van der Waals surface area contributed by atoms with E-state index in [0.717, 1.165) is 6.07 Å². The summed E-state index contributed by atoms with van der Waals surface area (Å²) in [5.74, 6) is -5.17. The van der Waals surface area contributed by atoms with E-state index in [9.17, 15) is 17.4 Å². The zero-order chi connectivity index (χ0) is 18.2. The van der Waals surface area contributed by atoms with Crippen molar-refractivity contribution in [1.29, 1.82) is 0 Å². The summed E-state index contributed by atoms with van der Waals surface area (Å²) < 4.78 is 58.9. The van der Waals surface area contributed by atoms with Gasteiger partial charge in [0.25, 0.3) is 5.92 Å². The van der Waals surface area contributed by atoms with Gasteiger partial charge in [-0.1, -0.05) is 29.8 Å². The Morgan fingerprint density at radius 2 is 1.70 bits per heavy atom. The molecule has 132 valence electrons. The lowest BCUT2D eigenvalue weighted by atomic mass is 9.80. The Morgan fingerprint density at radius 3 is 2.13 bits per heavy atom. The smallest absolute Gasteiger partial charge is 0.242 e. The molecule has 0 radical (unpaired) electrons. The summed E-state index contributed by atoms with van der Waals surface area (Å²) in [7, 11) is -1.80. The highest BCUT2D eigenvalue weighted by Crippen LogP contribution is 2.44. The Hall–Kier alpha value is -0.400. The molecule has 1 aromatic carbocycles. The second-order valence-corrected chi connectivity index (χ2v) is 9.89. The molecule has 0 aromatic heterocycles. The van der Waals surface area contributed by atoms with Crippen LogP contribution in [0.15, 0.2) is 22.7 Å². The first-order valence-corrected chi connectivity index (χ1v) is 9.21. The van der Waals surface area contributed by atoms with Crippen LogP contribution in [0, 0.1) is 11.7 Å². The molecule has 1 N–H and O–H groups in total. The van der Waals surface area contributed by atoms with Gasteiger partial charge in [-0.15, -0.1) is 0 Å². The largest absolute Gasteiger partial charge is 0.272 e. The molecule has 23 heavy (non-hydrogen) atoms. The van der Waals surface area contributed by atoms with Gasteiger partial charge < -0.3 is 0 Å². The van der Waals surface area contributed by atoms with Gasteiger partial charge in [0.15, 0.2) is 0 Å². The Bertz CT molecular complexity index is 601. The van der Waals surface area contributed by atoms with Crippen molar-refractivity contribution < 1.29 is 17.4 Å². The maximum atomic E-state index is 15.0. The fourth-order valence-corrected chi connectivity index (χ4v) is 3.38. The lowest BCUT2D eigenvalue weighted by Gasteiger charge is -2.42. The zero-order valence-electron chi connectivity index (χ0n) is 14.1. The van der Waals surface area contributed by atoms with E-state index in [1.54, 1.807) is 20.8 Å². The molecule has 0 bridgehead atoms. The summed E-state index contributed by atoms with van der Waals surface area (Å²) in [5.41, 5.74) is -2.34. The van der Waals surface area contributed by atoms with E-state index in [1.165, 1.54) is 32.9 Å². The summed E-state index contributed by atoms with van der Waals surface area (Å²) in [6.45, 7) is 8.91. The van der Waals surface area contributed by atoms with Crippen molar-refractivity contribution >= 4 is 26.9 Å². The lowest BCUT2D eigenvalue weighted by Crippen LogP contribution is -2.59. The van der Waals surface area contributed by atoms with E-state index in [0.29, 0.717) is 4.47 Å². The van der Waals surface area contributed by atoms with E-state index in [-0.39, 0.29) is 5.56 Å². The molecule has 7 heteroatoms. The van der Waals surface area contributed by atoms with Crippen LogP contribution in [0.5, 0.6) is 0 Å². The molecule has 0 spiro atoms. The third-order valence-electron chi connectivity index (χ3n) is 3.71. The van der Waals surface area contributed by atoms with Gasteiger partial charge in [-0.2, -0.15) is 0 Å². The maximum Gasteiger partial charge on any atom is 0.272 e. The van der Waals surface area contributed by atoms with Crippen molar-refractivity contribution in [2.45, 2.75) is 57.8 Å². The number of nitrogens with one attached hydrogen (secondary N) is 1. The van der Waals surface area contributed by atoms with Crippen molar-refractivity contribution in [3.8, 4) is 0 Å². The normalized spacial score (nSPS) is 17.2. The summed E-state index contributed by atoms with van der Waals surface area (Å²) >= 11 is 3.18. The van der Waals surface area contributed by atoms with E-state index in [2.05, 4.69) is 20.7 Å². The highest BCUT2D eigenvalue weighted by Gasteiger charge is 2.56. The van der Waals surface area contributed by atoms with Crippen molar-refractivity contribution in [2.24, 2.45) is 5.92 Å². The quantitative estimate of drug-likeness (QED) is 0.710. The first kappa shape index (κ1) is 20.6. The van der Waals surface area contributed by atoms with Gasteiger partial charge in [0.05, 0.1) is 15.7 Å². The zero-order valence-corrected chi connectivity index (χ0v) is 16.5. The standard InChI is InChI=1S/C16H23BrF3NOS/c1-10(2)16(19,20)15(6,21-23(22)14(3,4)5)12-9-11(17)7-8-13(12)18/h7-10,21H,1-6H3/t15-,23?/m1/s1. The minimum absolute atomic E-state index is 0.219. The van der Waals surface area contributed by atoms with Gasteiger partial charge in [-0.25, -0.2) is 22.1 Å². The van der Waals surface area contributed by atoms with Crippen molar-refractivity contribution in [3.05, 3.63) is 34.1 Å². The van der Waals surface area contributed by atoms with Gasteiger partial charge >= 0.3 is 0 Å². The molecule has 1 rings (SSSR count). The predicted molar refractivity (Wildman–Crippen MR) is 92.3 cm³/mol. The summed E-state index contributed by atoms with van der Waals surface area (Å²) in [5, 5.41) is 0. The average molecular weight is 414 g/mol. The van der Waals surface area contributed by atoms with Crippen LogP contribution in [0.4, 0.5) is 13.2 Å². The number of halogens is 4. The van der Waals surface area contributed by atoms with E-state index in [1.807, 2.05) is 0 Å². The summed E-state index contributed by atoms with van der Waals surface area (Å²) in [6.07, 6.45) is 0. The number of hydrogen-bond acceptors (Lipinski definition) is 1. The molecule has 0 amide bonds. The SMILES string of the molecule is CC(C)C(F)(F)[C@](C)(NS(=O)C(C)(C)C)c1cc(Br)ccc1F. The molecule has 0 aliphatic heterocycles. The minimum Gasteiger partial charge on any atom is -0.242 e. The fourth-order valence-electron chi connectivity index (χ4n) is 2.10. The van der Waals surface area contributed by atoms with Crippen LogP contribution in [-0.4, -0.2) is 14.9 Å². The molecule has 1 aromatic rings. The number of benzene rings is 1. The maximum absolute atomic E-state index is 15.0. The second kappa shape index (κ2) is 6.84. The predicted octanol–water partition coefficient (Wildman–Crippen LogP) is 5.15. The Morgan fingerprint density at radius 1 is 1.17 bits per heavy atom. The Labute approximate surface area is 147 Å². The minimum atomic E-state index is -3.32. The van der Waals surface area contributed by atoms with E-state index >= 15 is 0 Å². The highest BCUT2D eigenvalue weighted by molar-refractivity contribution is 9.10. The van der Waals surface area contributed by atoms with Crippen LogP contribution in [0.2, 0.25) is 0 Å². The van der Waals surface area contributed by atoms with Crippen LogP contribution >= 0.6 is 15.9 Å².